The minimum Gasteiger partial charge on any atom is -0.493 e. The number of benzene rings is 4. The van der Waals surface area contributed by atoms with Gasteiger partial charge in [0.1, 0.15) is 32.7 Å². The highest BCUT2D eigenvalue weighted by Gasteiger charge is 2.50. The number of carboxylic acid groups (broad SMARTS) is 1. The number of esters is 1. The van der Waals surface area contributed by atoms with Crippen molar-refractivity contribution in [2.75, 3.05) is 104 Å². The number of amides is 4. The van der Waals surface area contributed by atoms with Gasteiger partial charge in [0, 0.05) is 52.1 Å². The van der Waals surface area contributed by atoms with Gasteiger partial charge in [-0.15, -0.1) is 0 Å². The Morgan fingerprint density at radius 3 is 1.52 bits per heavy atom. The molecular formula is C81H108N6O25S2Si. The summed E-state index contributed by atoms with van der Waals surface area (Å²) in [6.07, 6.45) is 5.45. The van der Waals surface area contributed by atoms with Gasteiger partial charge in [0.05, 0.1) is 90.3 Å². The van der Waals surface area contributed by atoms with Crippen molar-refractivity contribution < 1.29 is 117 Å². The first-order valence-electron chi connectivity index (χ1n) is 38.7. The number of methoxy groups -OCH3 is 2. The summed E-state index contributed by atoms with van der Waals surface area (Å²) in [6.45, 7) is 20.8. The minimum atomic E-state index is -3.85. The fraction of sp³-hybridized carbons (Fsp3) is 0.531. The molecule has 3 saturated heterocycles. The van der Waals surface area contributed by atoms with Gasteiger partial charge in [-0.25, -0.2) is 40.9 Å². The molecule has 0 radical (unpaired) electrons. The Morgan fingerprint density at radius 2 is 1.11 bits per heavy atom. The molecule has 4 aromatic carbocycles. The predicted octanol–water partition coefficient (Wildman–Crippen LogP) is 11.0. The third-order valence-electron chi connectivity index (χ3n) is 21.4. The molecule has 7 heterocycles. The van der Waals surface area contributed by atoms with E-state index < -0.39 is 133 Å². The Hall–Kier alpha value is -8.78. The van der Waals surface area contributed by atoms with E-state index in [4.69, 9.17) is 66.4 Å². The van der Waals surface area contributed by atoms with Crippen LogP contribution in [0.1, 0.15) is 143 Å². The van der Waals surface area contributed by atoms with Crippen LogP contribution in [0.4, 0.5) is 21.0 Å². The number of carboxylic acids is 1. The Kier molecular flexibility index (Phi) is 30.4. The fourth-order valence-electron chi connectivity index (χ4n) is 14.2. The molecular weight excluding hydrogens is 1550 g/mol. The quantitative estimate of drug-likeness (QED) is 0.0189. The standard InChI is InChI=1S/C47H67N3O13SSi.C34H41N3O12S/c1-10-24-60-46(53)50-37-30-40(61-31-34(28-42(51)57-11-2)63-65(8,9)47(3,4)5)39(56-7)29-36(37)44(52)49-23-22-33(27-38(49)45(50)62-43-17-13-15-26-59-43)32-18-20-35(21-19-32)64(54,55)48(6)41-16-12-14-25-58-41;1-4-14-47-34(42)37-26-19-29(48-20-23(38)17-30(39)40)28(45-3)18-25(26)32(41)36-13-12-22(21-8-10-24(11-9-21)50(43,44)35-2)16-27(36)33(37)49-31-7-5-6-15-46-31/h10,18-22,29-30,34,38,41,43,45H,1,11-17,23-28,31H2,2-9H3;4,8-12,18-19,23,27,31,33,35,38H,1,5-7,13-17,20H2,2-3H3,(H,39,40)/t34-,38+,41?,43?,45?;23-,27+,31?,33?/m11/s1. The highest BCUT2D eigenvalue weighted by Crippen LogP contribution is 2.47. The van der Waals surface area contributed by atoms with E-state index in [1.807, 2.05) is 12.2 Å². The third-order valence-corrected chi connectivity index (χ3v) is 29.2. The number of carbonyl (C=O) groups is 6. The summed E-state index contributed by atoms with van der Waals surface area (Å²) < 4.78 is 134. The van der Waals surface area contributed by atoms with E-state index in [2.05, 4.69) is 51.7 Å². The fourth-order valence-corrected chi connectivity index (χ4v) is 17.6. The summed E-state index contributed by atoms with van der Waals surface area (Å²) in [7, 11) is -4.23. The average molecular weight is 1660 g/mol. The number of hydrogen-bond acceptors (Lipinski definition) is 24. The molecule has 115 heavy (non-hydrogen) atoms. The molecule has 34 heteroatoms. The summed E-state index contributed by atoms with van der Waals surface area (Å²) in [5.74, 6) is -1.93. The maximum absolute atomic E-state index is 14.9. The minimum absolute atomic E-state index is 0.0352. The largest absolute Gasteiger partial charge is 0.493 e. The number of nitrogens with one attached hydrogen (secondary N) is 1. The van der Waals surface area contributed by atoms with Crippen LogP contribution in [0.25, 0.3) is 11.1 Å². The number of rotatable bonds is 30. The van der Waals surface area contributed by atoms with Crippen LogP contribution in [0.2, 0.25) is 18.1 Å². The zero-order chi connectivity index (χ0) is 83.1. The van der Waals surface area contributed by atoms with Gasteiger partial charge in [-0.3, -0.25) is 19.2 Å². The Morgan fingerprint density at radius 1 is 0.652 bits per heavy atom. The zero-order valence-electron chi connectivity index (χ0n) is 66.9. The number of aliphatic hydroxyl groups excluding tert-OH is 1. The Labute approximate surface area is 673 Å². The van der Waals surface area contributed by atoms with Crippen molar-refractivity contribution in [2.24, 2.45) is 0 Å². The number of nitrogens with zero attached hydrogens (tertiary/aromatic N) is 5. The van der Waals surface area contributed by atoms with Gasteiger partial charge in [-0.1, -0.05) is 82.5 Å². The third kappa shape index (κ3) is 21.3. The molecule has 31 nitrogen and oxygen atoms in total. The van der Waals surface area contributed by atoms with Gasteiger partial charge in [0.15, 0.2) is 56.4 Å². The second kappa shape index (κ2) is 39.4. The first-order valence-corrected chi connectivity index (χ1v) is 44.5. The van der Waals surface area contributed by atoms with Crippen molar-refractivity contribution in [3.05, 3.63) is 133 Å². The van der Waals surface area contributed by atoms with E-state index in [1.54, 1.807) is 72.3 Å². The molecule has 5 unspecified atom stereocenters. The average Bonchev–Trinajstić information content (AvgIpc) is 1.61. The van der Waals surface area contributed by atoms with E-state index >= 15 is 0 Å². The summed E-state index contributed by atoms with van der Waals surface area (Å²) in [5, 5.41) is 19.1. The van der Waals surface area contributed by atoms with Gasteiger partial charge in [-0.2, -0.15) is 4.31 Å². The van der Waals surface area contributed by atoms with E-state index in [-0.39, 0.29) is 119 Å². The predicted molar refractivity (Wildman–Crippen MR) is 426 cm³/mol. The van der Waals surface area contributed by atoms with E-state index in [0.29, 0.717) is 39.1 Å². The lowest BCUT2D eigenvalue weighted by molar-refractivity contribution is -0.197. The smallest absolute Gasteiger partial charge is 0.416 e. The van der Waals surface area contributed by atoms with E-state index in [9.17, 15) is 50.7 Å². The van der Waals surface area contributed by atoms with Crippen LogP contribution in [0.15, 0.2) is 120 Å². The molecule has 3 N–H and O–H groups in total. The molecule has 11 rings (SSSR count). The number of aliphatic carboxylic acids is 1. The molecule has 0 spiro atoms. The molecule has 4 aromatic rings. The number of fused-ring (bicyclic) bond motifs is 4. The number of hydrogen-bond donors (Lipinski definition) is 3. The lowest BCUT2D eigenvalue weighted by atomic mass is 9.92. The van der Waals surface area contributed by atoms with Crippen LogP contribution >= 0.6 is 0 Å². The van der Waals surface area contributed by atoms with E-state index in [1.165, 1.54) is 71.8 Å². The van der Waals surface area contributed by atoms with Crippen LogP contribution < -0.4 is 33.5 Å². The number of aliphatic hydroxyl groups is 1. The number of anilines is 2. The maximum atomic E-state index is 14.9. The van der Waals surface area contributed by atoms with Crippen molar-refractivity contribution in [1.82, 2.24) is 18.8 Å². The van der Waals surface area contributed by atoms with Crippen molar-refractivity contribution in [2.45, 2.75) is 195 Å². The molecule has 4 amide bonds. The van der Waals surface area contributed by atoms with Crippen molar-refractivity contribution in [3.8, 4) is 23.0 Å². The van der Waals surface area contributed by atoms with E-state index in [0.717, 1.165) is 60.8 Å². The molecule has 7 aliphatic heterocycles. The van der Waals surface area contributed by atoms with Crippen LogP contribution in [-0.4, -0.2) is 235 Å². The molecule has 3 fully saturated rings. The van der Waals surface area contributed by atoms with Crippen LogP contribution in [0, 0.1) is 0 Å². The number of sulfonamides is 2. The van der Waals surface area contributed by atoms with Crippen LogP contribution in [0.3, 0.4) is 0 Å². The summed E-state index contributed by atoms with van der Waals surface area (Å²) in [5.41, 5.74) is 3.54. The molecule has 0 aromatic heterocycles. The second-order valence-electron chi connectivity index (χ2n) is 30.1. The van der Waals surface area contributed by atoms with Gasteiger partial charge >= 0.3 is 24.1 Å². The van der Waals surface area contributed by atoms with Crippen molar-refractivity contribution >= 4 is 86.8 Å². The highest BCUT2D eigenvalue weighted by atomic mass is 32.2. The van der Waals surface area contributed by atoms with Crippen LogP contribution in [0.5, 0.6) is 23.0 Å². The molecule has 0 aliphatic carbocycles. The lowest BCUT2D eigenvalue weighted by Crippen LogP contribution is -2.57. The second-order valence-corrected chi connectivity index (χ2v) is 38.7. The normalized spacial score (nSPS) is 21.8. The first kappa shape index (κ1) is 88.6. The molecule has 628 valence electrons. The summed E-state index contributed by atoms with van der Waals surface area (Å²) in [6, 6.07) is 17.4. The van der Waals surface area contributed by atoms with Gasteiger partial charge in [-0.05, 0) is 161 Å². The van der Waals surface area contributed by atoms with Crippen molar-refractivity contribution in [3.63, 3.8) is 0 Å². The molecule has 0 bridgehead atoms. The SMILES string of the molecule is C=CCOC(=O)N1c2cc(OC[C@@H](CC(=O)OCC)O[Si](C)(C)C(C)(C)C)c(OC)cc2C(=O)N2CC=C(c3ccc(S(=O)(=O)N(C)C4CCCCO4)cc3)C[C@H]2C1OC1CCCCO1.C=CCOC(=O)N1c2cc(OC[C@H](O)CC(=O)O)c(OC)cc2C(=O)N2CC=C(c3ccc(S(=O)(=O)NC)cc3)C[C@H]2C1OC1CCCCO1. The Bertz CT molecular complexity index is 4420. The lowest BCUT2D eigenvalue weighted by Gasteiger charge is -2.42. The Balaban J connectivity index is 0.000000251. The van der Waals surface area contributed by atoms with Crippen LogP contribution in [-0.2, 0) is 72.0 Å². The summed E-state index contributed by atoms with van der Waals surface area (Å²) in [4.78, 5) is 87.9. The topological polar surface area (TPSA) is 359 Å². The maximum Gasteiger partial charge on any atom is 0.416 e. The monoisotopic (exact) mass is 1660 g/mol. The molecule has 9 atom stereocenters. The molecule has 0 saturated carbocycles. The number of carbonyl (C=O) groups excluding carboxylic acids is 5. The zero-order valence-corrected chi connectivity index (χ0v) is 69.6. The van der Waals surface area contributed by atoms with Gasteiger partial charge < -0.3 is 81.3 Å². The first-order chi connectivity index (χ1) is 54.9. The van der Waals surface area contributed by atoms with Gasteiger partial charge in [0.2, 0.25) is 20.0 Å². The van der Waals surface area contributed by atoms with Gasteiger partial charge in [0.25, 0.3) is 11.8 Å². The molecule has 7 aliphatic rings. The highest BCUT2D eigenvalue weighted by molar-refractivity contribution is 7.89. The number of ether oxygens (including phenoxy) is 12. The summed E-state index contributed by atoms with van der Waals surface area (Å²) >= 11 is 0. The van der Waals surface area contributed by atoms with Crippen molar-refractivity contribution in [1.29, 1.82) is 0 Å².